The molecule has 1 aromatic heterocycles. The zero-order chi connectivity index (χ0) is 23.3. The van der Waals surface area contributed by atoms with Crippen molar-refractivity contribution in [1.29, 1.82) is 0 Å². The first-order valence-electron chi connectivity index (χ1n) is 9.64. The van der Waals surface area contributed by atoms with Crippen LogP contribution in [-0.4, -0.2) is 52.1 Å². The zero-order valence-corrected chi connectivity index (χ0v) is 18.1. The summed E-state index contributed by atoms with van der Waals surface area (Å²) in [4.78, 5) is 36.9. The number of carbonyl (C=O) groups excluding carboxylic acids is 3. The molecule has 3 aromatic rings. The smallest absolute Gasteiger partial charge is 0.325 e. The van der Waals surface area contributed by atoms with Crippen molar-refractivity contribution in [3.8, 4) is 17.2 Å². The highest BCUT2D eigenvalue weighted by molar-refractivity contribution is 6.02. The van der Waals surface area contributed by atoms with Crippen LogP contribution in [0.15, 0.2) is 40.8 Å². The molecule has 168 valence electrons. The molecule has 1 N–H and O–H groups in total. The predicted molar refractivity (Wildman–Crippen MR) is 115 cm³/mol. The van der Waals surface area contributed by atoms with Gasteiger partial charge in [-0.2, -0.15) is 0 Å². The molecule has 0 atom stereocenters. The van der Waals surface area contributed by atoms with Crippen LogP contribution in [0.1, 0.15) is 26.5 Å². The molecular formula is C23H23NO8. The predicted octanol–water partition coefficient (Wildman–Crippen LogP) is 2.92. The topological polar surface area (TPSA) is 113 Å². The Balaban J connectivity index is 1.58. The second-order valence-corrected chi connectivity index (χ2v) is 6.73. The second-order valence-electron chi connectivity index (χ2n) is 6.73. The Kier molecular flexibility index (Phi) is 6.99. The van der Waals surface area contributed by atoms with Crippen LogP contribution in [-0.2, 0) is 9.53 Å². The number of Topliss-reactive ketones (excluding diaryl/α,β-unsaturated/α-hetero) is 1. The van der Waals surface area contributed by atoms with Crippen LogP contribution in [0, 0.1) is 6.92 Å². The van der Waals surface area contributed by atoms with Crippen molar-refractivity contribution in [2.24, 2.45) is 0 Å². The number of aryl methyl sites for hydroxylation is 1. The summed E-state index contributed by atoms with van der Waals surface area (Å²) in [6.07, 6.45) is 0. The Hall–Kier alpha value is -4.01. The maximum absolute atomic E-state index is 12.4. The number of benzene rings is 2. The highest BCUT2D eigenvalue weighted by atomic mass is 16.5. The molecular weight excluding hydrogens is 418 g/mol. The monoisotopic (exact) mass is 441 g/mol. The number of rotatable bonds is 9. The summed E-state index contributed by atoms with van der Waals surface area (Å²) in [5, 5.41) is 3.25. The largest absolute Gasteiger partial charge is 0.493 e. The van der Waals surface area contributed by atoms with Gasteiger partial charge in [0.2, 0.25) is 11.5 Å². The number of ketones is 1. The minimum atomic E-state index is -0.770. The van der Waals surface area contributed by atoms with E-state index in [-0.39, 0.29) is 11.3 Å². The number of esters is 1. The van der Waals surface area contributed by atoms with Crippen molar-refractivity contribution in [3.05, 3.63) is 53.3 Å². The normalized spacial score (nSPS) is 10.5. The van der Waals surface area contributed by atoms with Gasteiger partial charge in [0.1, 0.15) is 12.1 Å². The van der Waals surface area contributed by atoms with Gasteiger partial charge >= 0.3 is 5.97 Å². The van der Waals surface area contributed by atoms with Crippen LogP contribution >= 0.6 is 0 Å². The van der Waals surface area contributed by atoms with E-state index in [0.29, 0.717) is 28.4 Å². The molecule has 0 bridgehead atoms. The molecule has 0 saturated carbocycles. The van der Waals surface area contributed by atoms with Crippen LogP contribution in [0.3, 0.4) is 0 Å². The van der Waals surface area contributed by atoms with Crippen LogP contribution in [0.2, 0.25) is 0 Å². The van der Waals surface area contributed by atoms with Gasteiger partial charge < -0.3 is 28.7 Å². The van der Waals surface area contributed by atoms with Crippen LogP contribution < -0.4 is 19.5 Å². The van der Waals surface area contributed by atoms with Crippen LogP contribution in [0.4, 0.5) is 0 Å². The van der Waals surface area contributed by atoms with Crippen molar-refractivity contribution >= 4 is 28.6 Å². The highest BCUT2D eigenvalue weighted by Crippen LogP contribution is 2.38. The molecule has 0 aliphatic rings. The van der Waals surface area contributed by atoms with E-state index in [4.69, 9.17) is 23.4 Å². The summed E-state index contributed by atoms with van der Waals surface area (Å²) in [6.45, 7) is 0.833. The van der Waals surface area contributed by atoms with Crippen molar-refractivity contribution in [3.63, 3.8) is 0 Å². The van der Waals surface area contributed by atoms with Crippen LogP contribution in [0.5, 0.6) is 17.2 Å². The first-order chi connectivity index (χ1) is 15.4. The number of furan rings is 1. The highest BCUT2D eigenvalue weighted by Gasteiger charge is 2.20. The number of ether oxygens (including phenoxy) is 4. The number of methoxy groups -OCH3 is 3. The summed E-state index contributed by atoms with van der Waals surface area (Å²) >= 11 is 0. The van der Waals surface area contributed by atoms with E-state index in [1.165, 1.54) is 33.5 Å². The standard InChI is InChI=1S/C23H23NO8/c1-13-15-7-5-6-8-17(15)32-21(13)16(25)12-31-20(26)11-24-23(27)14-9-18(28-2)22(30-4)19(10-14)29-3/h5-10H,11-12H2,1-4H3,(H,24,27). The number of nitrogens with one attached hydrogen (secondary N) is 1. The number of hydrogen-bond acceptors (Lipinski definition) is 8. The lowest BCUT2D eigenvalue weighted by Crippen LogP contribution is -2.31. The van der Waals surface area contributed by atoms with E-state index < -0.39 is 30.8 Å². The van der Waals surface area contributed by atoms with Gasteiger partial charge in [-0.15, -0.1) is 0 Å². The first kappa shape index (κ1) is 22.7. The van der Waals surface area contributed by atoms with E-state index in [2.05, 4.69) is 5.32 Å². The fourth-order valence-electron chi connectivity index (χ4n) is 3.17. The number of carbonyl (C=O) groups is 3. The van der Waals surface area contributed by atoms with E-state index in [9.17, 15) is 14.4 Å². The lowest BCUT2D eigenvalue weighted by molar-refractivity contribution is -0.141. The SMILES string of the molecule is COc1cc(C(=O)NCC(=O)OCC(=O)c2oc3ccccc3c2C)cc(OC)c1OC. The minimum absolute atomic E-state index is 0.139. The molecule has 3 rings (SSSR count). The Morgan fingerprint density at radius 2 is 1.62 bits per heavy atom. The van der Waals surface area contributed by atoms with E-state index in [1.54, 1.807) is 19.1 Å². The van der Waals surface area contributed by atoms with E-state index in [0.717, 1.165) is 5.39 Å². The fourth-order valence-corrected chi connectivity index (χ4v) is 3.17. The average Bonchev–Trinajstić information content (AvgIpc) is 3.16. The second kappa shape index (κ2) is 9.86. The summed E-state index contributed by atoms with van der Waals surface area (Å²) in [7, 11) is 4.30. The summed E-state index contributed by atoms with van der Waals surface area (Å²) < 4.78 is 26.2. The van der Waals surface area contributed by atoms with E-state index in [1.807, 2.05) is 12.1 Å². The molecule has 9 heteroatoms. The summed E-state index contributed by atoms with van der Waals surface area (Å²) in [5.41, 5.74) is 1.45. The van der Waals surface area contributed by atoms with Gasteiger partial charge in [0.05, 0.1) is 21.3 Å². The van der Waals surface area contributed by atoms with Gasteiger partial charge in [-0.25, -0.2) is 0 Å². The molecule has 0 unspecified atom stereocenters. The zero-order valence-electron chi connectivity index (χ0n) is 18.1. The van der Waals surface area contributed by atoms with Gasteiger partial charge in [0.15, 0.2) is 23.9 Å². The molecule has 0 aliphatic heterocycles. The van der Waals surface area contributed by atoms with Crippen molar-refractivity contribution in [2.45, 2.75) is 6.92 Å². The van der Waals surface area contributed by atoms with Gasteiger partial charge in [-0.1, -0.05) is 18.2 Å². The summed E-state index contributed by atoms with van der Waals surface area (Å²) in [6, 6.07) is 10.2. The van der Waals surface area contributed by atoms with E-state index >= 15 is 0 Å². The van der Waals surface area contributed by atoms with Gasteiger partial charge in [0.25, 0.3) is 5.91 Å². The number of para-hydroxylation sites is 1. The van der Waals surface area contributed by atoms with Crippen molar-refractivity contribution in [1.82, 2.24) is 5.32 Å². The minimum Gasteiger partial charge on any atom is -0.493 e. The average molecular weight is 441 g/mol. The molecule has 0 radical (unpaired) electrons. The van der Waals surface area contributed by atoms with Gasteiger partial charge in [-0.3, -0.25) is 14.4 Å². The lowest BCUT2D eigenvalue weighted by Gasteiger charge is -2.14. The number of hydrogen-bond donors (Lipinski definition) is 1. The summed E-state index contributed by atoms with van der Waals surface area (Å²) in [5.74, 6) is -0.722. The number of amides is 1. The maximum atomic E-state index is 12.4. The Morgan fingerprint density at radius 3 is 2.22 bits per heavy atom. The molecule has 2 aromatic carbocycles. The third-order valence-electron chi connectivity index (χ3n) is 4.78. The number of fused-ring (bicyclic) bond motifs is 1. The Morgan fingerprint density at radius 1 is 0.969 bits per heavy atom. The Labute approximate surface area is 184 Å². The molecule has 1 amide bonds. The van der Waals surface area contributed by atoms with Gasteiger partial charge in [-0.05, 0) is 25.1 Å². The molecule has 9 nitrogen and oxygen atoms in total. The third kappa shape index (κ3) is 4.66. The molecule has 0 fully saturated rings. The van der Waals surface area contributed by atoms with Gasteiger partial charge in [0, 0.05) is 16.5 Å². The Bertz CT molecular complexity index is 1140. The lowest BCUT2D eigenvalue weighted by atomic mass is 10.1. The van der Waals surface area contributed by atoms with Crippen molar-refractivity contribution in [2.75, 3.05) is 34.5 Å². The first-order valence-corrected chi connectivity index (χ1v) is 9.64. The van der Waals surface area contributed by atoms with Crippen molar-refractivity contribution < 1.29 is 37.7 Å². The molecule has 1 heterocycles. The maximum Gasteiger partial charge on any atom is 0.325 e. The fraction of sp³-hybridized carbons (Fsp3) is 0.261. The quantitative estimate of drug-likeness (QED) is 0.398. The van der Waals surface area contributed by atoms with Crippen LogP contribution in [0.25, 0.3) is 11.0 Å². The third-order valence-corrected chi connectivity index (χ3v) is 4.78. The molecule has 0 aliphatic carbocycles. The molecule has 0 saturated heterocycles. The molecule has 0 spiro atoms. The molecule has 32 heavy (non-hydrogen) atoms.